The Bertz CT molecular complexity index is 1220. The van der Waals surface area contributed by atoms with E-state index >= 15 is 0 Å². The van der Waals surface area contributed by atoms with E-state index in [1.165, 1.54) is 5.56 Å². The van der Waals surface area contributed by atoms with Crippen molar-refractivity contribution < 1.29 is 4.74 Å². The summed E-state index contributed by atoms with van der Waals surface area (Å²) in [5, 5.41) is 0.603. The van der Waals surface area contributed by atoms with E-state index in [1.54, 1.807) is 4.57 Å². The summed E-state index contributed by atoms with van der Waals surface area (Å²) in [4.78, 5) is 20.3. The minimum atomic E-state index is -0.00192. The van der Waals surface area contributed by atoms with Gasteiger partial charge in [0.15, 0.2) is 0 Å². The zero-order valence-corrected chi connectivity index (χ0v) is 16.7. The van der Waals surface area contributed by atoms with Crippen LogP contribution in [0.1, 0.15) is 17.5 Å². The summed E-state index contributed by atoms with van der Waals surface area (Å²) in [6.45, 7) is 2.80. The van der Waals surface area contributed by atoms with Crippen molar-refractivity contribution in [1.29, 1.82) is 0 Å². The smallest absolute Gasteiger partial charge is 0.262 e. The Hall–Kier alpha value is -3.60. The van der Waals surface area contributed by atoms with Crippen LogP contribution in [0.2, 0.25) is 0 Å². The Morgan fingerprint density at radius 2 is 1.60 bits per heavy atom. The Morgan fingerprint density at radius 3 is 2.37 bits per heavy atom. The molecule has 4 aromatic rings. The molecule has 5 heteroatoms. The van der Waals surface area contributed by atoms with E-state index in [4.69, 9.17) is 9.72 Å². The lowest BCUT2D eigenvalue weighted by Gasteiger charge is -2.31. The lowest BCUT2D eigenvalue weighted by molar-refractivity contribution is 0.306. The summed E-state index contributed by atoms with van der Waals surface area (Å²) in [5.41, 5.74) is 3.01. The van der Waals surface area contributed by atoms with Gasteiger partial charge in [0.25, 0.3) is 5.56 Å². The molecule has 3 aromatic carbocycles. The van der Waals surface area contributed by atoms with Crippen molar-refractivity contribution >= 4 is 16.9 Å². The first-order valence-corrected chi connectivity index (χ1v) is 10.3. The number of hydrogen-bond acceptors (Lipinski definition) is 4. The zero-order valence-electron chi connectivity index (χ0n) is 16.7. The molecule has 0 bridgehead atoms. The first kappa shape index (κ1) is 18.4. The van der Waals surface area contributed by atoms with Gasteiger partial charge in [0.1, 0.15) is 12.4 Å². The van der Waals surface area contributed by atoms with Gasteiger partial charge >= 0.3 is 0 Å². The summed E-state index contributed by atoms with van der Waals surface area (Å²) in [6, 6.07) is 25.9. The second-order valence-corrected chi connectivity index (χ2v) is 7.58. The maximum absolute atomic E-state index is 13.2. The van der Waals surface area contributed by atoms with Crippen molar-refractivity contribution in [2.24, 2.45) is 0 Å². The highest BCUT2D eigenvalue weighted by Gasteiger charge is 2.21. The molecule has 1 aliphatic heterocycles. The number of aromatic nitrogens is 2. The van der Waals surface area contributed by atoms with Gasteiger partial charge in [-0.1, -0.05) is 60.7 Å². The number of fused-ring (bicyclic) bond motifs is 2. The van der Waals surface area contributed by atoms with Crippen molar-refractivity contribution in [3.05, 3.63) is 100 Å². The standard InChI is InChI=1S/C25H23N3O2/c29-24-22-16-21(30-18-20-10-5-2-6-11-20)12-13-23(22)26-25-27(14-7-15-28(24)25)17-19-8-3-1-4-9-19/h1-6,8-13,16H,7,14-15,17-18H2. The minimum absolute atomic E-state index is 0.00192. The molecule has 0 spiro atoms. The predicted molar refractivity (Wildman–Crippen MR) is 119 cm³/mol. The van der Waals surface area contributed by atoms with Gasteiger partial charge in [0, 0.05) is 19.6 Å². The van der Waals surface area contributed by atoms with E-state index in [0.717, 1.165) is 31.0 Å². The molecular formula is C25H23N3O2. The average molecular weight is 397 g/mol. The molecule has 0 N–H and O–H groups in total. The molecule has 0 fully saturated rings. The van der Waals surface area contributed by atoms with Crippen molar-refractivity contribution in [2.45, 2.75) is 26.1 Å². The summed E-state index contributed by atoms with van der Waals surface area (Å²) in [5.74, 6) is 1.43. The molecule has 150 valence electrons. The van der Waals surface area contributed by atoms with Crippen LogP contribution in [0.15, 0.2) is 83.7 Å². The Balaban J connectivity index is 1.46. The lowest BCUT2D eigenvalue weighted by Crippen LogP contribution is -2.38. The van der Waals surface area contributed by atoms with E-state index in [0.29, 0.717) is 29.8 Å². The average Bonchev–Trinajstić information content (AvgIpc) is 2.80. The van der Waals surface area contributed by atoms with Crippen LogP contribution in [0.25, 0.3) is 10.9 Å². The van der Waals surface area contributed by atoms with E-state index < -0.39 is 0 Å². The molecule has 0 unspecified atom stereocenters. The Morgan fingerprint density at radius 1 is 0.867 bits per heavy atom. The van der Waals surface area contributed by atoms with Gasteiger partial charge in [0.05, 0.1) is 10.9 Å². The largest absolute Gasteiger partial charge is 0.489 e. The highest BCUT2D eigenvalue weighted by atomic mass is 16.5. The molecular weight excluding hydrogens is 374 g/mol. The van der Waals surface area contributed by atoms with Crippen molar-refractivity contribution in [3.63, 3.8) is 0 Å². The van der Waals surface area contributed by atoms with Crippen LogP contribution in [-0.4, -0.2) is 16.1 Å². The maximum Gasteiger partial charge on any atom is 0.262 e. The topological polar surface area (TPSA) is 47.4 Å². The van der Waals surface area contributed by atoms with Gasteiger partial charge in [0.2, 0.25) is 5.95 Å². The van der Waals surface area contributed by atoms with Gasteiger partial charge in [-0.3, -0.25) is 9.36 Å². The van der Waals surface area contributed by atoms with E-state index in [-0.39, 0.29) is 5.56 Å². The highest BCUT2D eigenvalue weighted by Crippen LogP contribution is 2.24. The molecule has 2 heterocycles. The fraction of sp³-hybridized carbons (Fsp3) is 0.200. The number of benzene rings is 3. The molecule has 0 amide bonds. The van der Waals surface area contributed by atoms with Crippen LogP contribution in [0.4, 0.5) is 5.95 Å². The zero-order chi connectivity index (χ0) is 20.3. The summed E-state index contributed by atoms with van der Waals surface area (Å²) in [7, 11) is 0. The molecule has 5 rings (SSSR count). The molecule has 0 saturated carbocycles. The van der Waals surface area contributed by atoms with Crippen LogP contribution < -0.4 is 15.2 Å². The third kappa shape index (κ3) is 3.66. The van der Waals surface area contributed by atoms with Gasteiger partial charge in [-0.25, -0.2) is 4.98 Å². The van der Waals surface area contributed by atoms with Gasteiger partial charge in [-0.2, -0.15) is 0 Å². The third-order valence-electron chi connectivity index (χ3n) is 5.46. The lowest BCUT2D eigenvalue weighted by atomic mass is 10.2. The summed E-state index contributed by atoms with van der Waals surface area (Å²) in [6.07, 6.45) is 0.928. The fourth-order valence-electron chi connectivity index (χ4n) is 3.94. The molecule has 1 aromatic heterocycles. The van der Waals surface area contributed by atoms with E-state index in [1.807, 2.05) is 66.7 Å². The van der Waals surface area contributed by atoms with Crippen molar-refractivity contribution in [3.8, 4) is 5.75 Å². The maximum atomic E-state index is 13.2. The van der Waals surface area contributed by atoms with Crippen LogP contribution in [0.3, 0.4) is 0 Å². The quantitative estimate of drug-likeness (QED) is 0.501. The first-order valence-electron chi connectivity index (χ1n) is 10.3. The number of ether oxygens (including phenoxy) is 1. The molecule has 0 atom stereocenters. The molecule has 0 saturated heterocycles. The molecule has 0 aliphatic carbocycles. The Kier molecular flexibility index (Phi) is 4.93. The van der Waals surface area contributed by atoms with Crippen LogP contribution in [-0.2, 0) is 19.7 Å². The van der Waals surface area contributed by atoms with Gasteiger partial charge < -0.3 is 9.64 Å². The van der Waals surface area contributed by atoms with Gasteiger partial charge in [-0.15, -0.1) is 0 Å². The fourth-order valence-corrected chi connectivity index (χ4v) is 3.94. The Labute approximate surface area is 175 Å². The van der Waals surface area contributed by atoms with E-state index in [2.05, 4.69) is 17.0 Å². The highest BCUT2D eigenvalue weighted by molar-refractivity contribution is 5.80. The predicted octanol–water partition coefficient (Wildman–Crippen LogP) is 4.39. The molecule has 0 radical (unpaired) electrons. The number of anilines is 1. The number of rotatable bonds is 5. The molecule has 1 aliphatic rings. The summed E-state index contributed by atoms with van der Waals surface area (Å²) < 4.78 is 7.71. The van der Waals surface area contributed by atoms with Gasteiger partial charge in [-0.05, 0) is 35.7 Å². The monoisotopic (exact) mass is 397 g/mol. The second kappa shape index (κ2) is 8.03. The van der Waals surface area contributed by atoms with Crippen LogP contribution >= 0.6 is 0 Å². The molecule has 30 heavy (non-hydrogen) atoms. The minimum Gasteiger partial charge on any atom is -0.489 e. The van der Waals surface area contributed by atoms with Crippen molar-refractivity contribution in [1.82, 2.24) is 9.55 Å². The summed E-state index contributed by atoms with van der Waals surface area (Å²) >= 11 is 0. The second-order valence-electron chi connectivity index (χ2n) is 7.58. The van der Waals surface area contributed by atoms with E-state index in [9.17, 15) is 4.79 Å². The van der Waals surface area contributed by atoms with Crippen LogP contribution in [0.5, 0.6) is 5.75 Å². The SMILES string of the molecule is O=c1c2cc(OCc3ccccc3)ccc2nc2n1CCCN2Cc1ccccc1. The van der Waals surface area contributed by atoms with Crippen molar-refractivity contribution in [2.75, 3.05) is 11.4 Å². The normalized spacial score (nSPS) is 13.3. The first-order chi connectivity index (χ1) is 14.8. The number of hydrogen-bond donors (Lipinski definition) is 0. The third-order valence-corrected chi connectivity index (χ3v) is 5.46. The molecule has 5 nitrogen and oxygen atoms in total. The van der Waals surface area contributed by atoms with Crippen LogP contribution in [0, 0.1) is 0 Å². The number of nitrogens with zero attached hydrogens (tertiary/aromatic N) is 3.